The highest BCUT2D eigenvalue weighted by Crippen LogP contribution is 2.13. The molecule has 0 saturated heterocycles. The highest BCUT2D eigenvalue weighted by atomic mass is 14.0. The minimum absolute atomic E-state index is 1.24. The maximum Gasteiger partial charge on any atom is -0.0178 e. The van der Waals surface area contributed by atoms with Gasteiger partial charge in [0.25, 0.3) is 0 Å². The van der Waals surface area contributed by atoms with E-state index in [9.17, 15) is 0 Å². The van der Waals surface area contributed by atoms with Gasteiger partial charge in [-0.2, -0.15) is 0 Å². The fourth-order valence-corrected chi connectivity index (χ4v) is 2.73. The molecule has 0 bridgehead atoms. The van der Waals surface area contributed by atoms with Gasteiger partial charge < -0.3 is 0 Å². The SMILES string of the molecule is CCCCCCCc1c[c]cc(CCCCCCC)c1. The summed E-state index contributed by atoms with van der Waals surface area (Å²) in [6.07, 6.45) is 16.2. The van der Waals surface area contributed by atoms with E-state index in [1.807, 2.05) is 0 Å². The lowest BCUT2D eigenvalue weighted by atomic mass is 10.0. The van der Waals surface area contributed by atoms with Crippen molar-refractivity contribution in [3.63, 3.8) is 0 Å². The van der Waals surface area contributed by atoms with Crippen molar-refractivity contribution in [1.82, 2.24) is 0 Å². The summed E-state index contributed by atoms with van der Waals surface area (Å²) in [5.41, 5.74) is 2.99. The summed E-state index contributed by atoms with van der Waals surface area (Å²) in [5.74, 6) is 0. The molecule has 1 radical (unpaired) electrons. The fourth-order valence-electron chi connectivity index (χ4n) is 2.73. The number of hydrogen-bond donors (Lipinski definition) is 0. The lowest BCUT2D eigenvalue weighted by molar-refractivity contribution is 0.628. The Morgan fingerprint density at radius 2 is 1.10 bits per heavy atom. The average Bonchev–Trinajstić information content (AvgIpc) is 2.47. The topological polar surface area (TPSA) is 0 Å². The van der Waals surface area contributed by atoms with Gasteiger partial charge in [0.05, 0.1) is 0 Å². The molecule has 1 aromatic carbocycles. The number of benzene rings is 1. The van der Waals surface area contributed by atoms with Crippen LogP contribution in [0.4, 0.5) is 0 Å². The van der Waals surface area contributed by atoms with Crippen LogP contribution in [0.1, 0.15) is 89.2 Å². The van der Waals surface area contributed by atoms with Crippen molar-refractivity contribution in [2.24, 2.45) is 0 Å². The first-order valence-corrected chi connectivity index (χ1v) is 8.85. The Bertz CT molecular complexity index is 297. The van der Waals surface area contributed by atoms with Gasteiger partial charge in [0, 0.05) is 0 Å². The van der Waals surface area contributed by atoms with Crippen LogP contribution in [0.3, 0.4) is 0 Å². The van der Waals surface area contributed by atoms with Crippen LogP contribution in [-0.4, -0.2) is 0 Å². The van der Waals surface area contributed by atoms with E-state index in [4.69, 9.17) is 0 Å². The second-order valence-electron chi connectivity index (χ2n) is 6.08. The van der Waals surface area contributed by atoms with Crippen molar-refractivity contribution in [3.05, 3.63) is 35.4 Å². The number of rotatable bonds is 12. The summed E-state index contributed by atoms with van der Waals surface area (Å²) in [4.78, 5) is 0. The first-order valence-electron chi connectivity index (χ1n) is 8.85. The van der Waals surface area contributed by atoms with E-state index in [-0.39, 0.29) is 0 Å². The maximum absolute atomic E-state index is 3.33. The summed E-state index contributed by atoms with van der Waals surface area (Å²) >= 11 is 0. The highest BCUT2D eigenvalue weighted by Gasteiger charge is 1.98. The summed E-state index contributed by atoms with van der Waals surface area (Å²) in [7, 11) is 0. The second-order valence-corrected chi connectivity index (χ2v) is 6.08. The molecule has 20 heavy (non-hydrogen) atoms. The Hall–Kier alpha value is -0.780. The van der Waals surface area contributed by atoms with Crippen LogP contribution in [0.25, 0.3) is 0 Å². The van der Waals surface area contributed by atoms with E-state index < -0.39 is 0 Å². The van der Waals surface area contributed by atoms with Crippen molar-refractivity contribution in [2.75, 3.05) is 0 Å². The molecule has 0 atom stereocenters. The predicted octanol–water partition coefficient (Wildman–Crippen LogP) is 6.51. The highest BCUT2D eigenvalue weighted by molar-refractivity contribution is 5.22. The van der Waals surface area contributed by atoms with Crippen molar-refractivity contribution in [2.45, 2.75) is 90.9 Å². The minimum atomic E-state index is 1.24. The summed E-state index contributed by atoms with van der Waals surface area (Å²) in [6, 6.07) is 10.1. The van der Waals surface area contributed by atoms with E-state index in [1.54, 1.807) is 0 Å². The van der Waals surface area contributed by atoms with Crippen LogP contribution >= 0.6 is 0 Å². The van der Waals surface area contributed by atoms with Gasteiger partial charge in [0.1, 0.15) is 0 Å². The second kappa shape index (κ2) is 12.0. The molecule has 0 unspecified atom stereocenters. The van der Waals surface area contributed by atoms with Gasteiger partial charge >= 0.3 is 0 Å². The van der Waals surface area contributed by atoms with Crippen LogP contribution in [0, 0.1) is 6.07 Å². The molecule has 0 heteroatoms. The number of hydrogen-bond acceptors (Lipinski definition) is 0. The molecule has 0 amide bonds. The lowest BCUT2D eigenvalue weighted by Gasteiger charge is -2.05. The molecule has 0 N–H and O–H groups in total. The van der Waals surface area contributed by atoms with E-state index in [0.29, 0.717) is 0 Å². The van der Waals surface area contributed by atoms with Gasteiger partial charge in [-0.25, -0.2) is 0 Å². The Balaban J connectivity index is 2.19. The molecule has 113 valence electrons. The third-order valence-corrected chi connectivity index (χ3v) is 4.05. The van der Waals surface area contributed by atoms with Gasteiger partial charge in [-0.3, -0.25) is 0 Å². The molecule has 1 aromatic rings. The van der Waals surface area contributed by atoms with Gasteiger partial charge in [-0.1, -0.05) is 83.4 Å². The standard InChI is InChI=1S/C20H33/c1-3-5-7-9-11-14-19-16-13-17-20(18-19)15-12-10-8-6-4-2/h16-18H,3-12,14-15H2,1-2H3. The van der Waals surface area contributed by atoms with Gasteiger partial charge in [0.15, 0.2) is 0 Å². The quantitative estimate of drug-likeness (QED) is 0.381. The van der Waals surface area contributed by atoms with Crippen LogP contribution in [0.15, 0.2) is 18.2 Å². The zero-order valence-electron chi connectivity index (χ0n) is 13.7. The molecule has 0 aliphatic heterocycles. The zero-order valence-corrected chi connectivity index (χ0v) is 13.7. The molecule has 0 nitrogen and oxygen atoms in total. The van der Waals surface area contributed by atoms with Crippen LogP contribution in [0.5, 0.6) is 0 Å². The largest absolute Gasteiger partial charge is 0.0654 e. The molecule has 0 heterocycles. The predicted molar refractivity (Wildman–Crippen MR) is 90.2 cm³/mol. The third-order valence-electron chi connectivity index (χ3n) is 4.05. The summed E-state index contributed by atoms with van der Waals surface area (Å²) in [6.45, 7) is 4.55. The van der Waals surface area contributed by atoms with Gasteiger partial charge in [-0.15, -0.1) is 0 Å². The van der Waals surface area contributed by atoms with E-state index in [0.717, 1.165) is 0 Å². The Morgan fingerprint density at radius 3 is 1.55 bits per heavy atom. The van der Waals surface area contributed by atoms with Crippen LogP contribution in [-0.2, 0) is 12.8 Å². The fraction of sp³-hybridized carbons (Fsp3) is 0.700. The third kappa shape index (κ3) is 8.40. The molecule has 0 aliphatic carbocycles. The molecular formula is C20H33. The first-order chi connectivity index (χ1) is 9.86. The monoisotopic (exact) mass is 273 g/mol. The maximum atomic E-state index is 3.33. The van der Waals surface area contributed by atoms with Gasteiger partial charge in [0.2, 0.25) is 0 Å². The average molecular weight is 273 g/mol. The zero-order chi connectivity index (χ0) is 14.5. The summed E-state index contributed by atoms with van der Waals surface area (Å²) in [5, 5.41) is 0. The normalized spacial score (nSPS) is 10.9. The Kier molecular flexibility index (Phi) is 10.4. The smallest absolute Gasteiger partial charge is 0.0178 e. The molecule has 0 spiro atoms. The molecule has 0 aromatic heterocycles. The van der Waals surface area contributed by atoms with Crippen molar-refractivity contribution < 1.29 is 0 Å². The molecule has 0 aliphatic rings. The van der Waals surface area contributed by atoms with E-state index in [2.05, 4.69) is 38.1 Å². The number of aryl methyl sites for hydroxylation is 2. The minimum Gasteiger partial charge on any atom is -0.0654 e. The molecule has 1 rings (SSSR count). The Labute approximate surface area is 127 Å². The van der Waals surface area contributed by atoms with E-state index >= 15 is 0 Å². The van der Waals surface area contributed by atoms with Crippen molar-refractivity contribution >= 4 is 0 Å². The number of unbranched alkanes of at least 4 members (excludes halogenated alkanes) is 8. The summed E-state index contributed by atoms with van der Waals surface area (Å²) < 4.78 is 0. The van der Waals surface area contributed by atoms with Gasteiger partial charge in [-0.05, 0) is 42.9 Å². The van der Waals surface area contributed by atoms with Crippen LogP contribution in [0.2, 0.25) is 0 Å². The van der Waals surface area contributed by atoms with Crippen molar-refractivity contribution in [3.8, 4) is 0 Å². The van der Waals surface area contributed by atoms with Crippen molar-refractivity contribution in [1.29, 1.82) is 0 Å². The molecular weight excluding hydrogens is 240 g/mol. The Morgan fingerprint density at radius 1 is 0.650 bits per heavy atom. The molecule has 0 fully saturated rings. The van der Waals surface area contributed by atoms with Crippen LogP contribution < -0.4 is 0 Å². The van der Waals surface area contributed by atoms with E-state index in [1.165, 1.54) is 88.2 Å². The lowest BCUT2D eigenvalue weighted by Crippen LogP contribution is -1.91. The molecule has 0 saturated carbocycles. The first kappa shape index (κ1) is 17.3.